The number of nitrogens with zero attached hydrogens (tertiary/aromatic N) is 3. The van der Waals surface area contributed by atoms with E-state index in [1.165, 1.54) is 6.07 Å². The summed E-state index contributed by atoms with van der Waals surface area (Å²) in [4.78, 5) is 17.5. The highest BCUT2D eigenvalue weighted by Gasteiger charge is 2.37. The molecule has 0 bridgehead atoms. The van der Waals surface area contributed by atoms with Crippen molar-refractivity contribution < 1.29 is 9.66 Å². The van der Waals surface area contributed by atoms with Gasteiger partial charge in [-0.2, -0.15) is 0 Å². The Morgan fingerprint density at radius 2 is 1.90 bits per heavy atom. The van der Waals surface area contributed by atoms with Crippen LogP contribution in [0.4, 0.5) is 11.5 Å². The third kappa shape index (κ3) is 4.30. The molecule has 6 nitrogen and oxygen atoms in total. The molecule has 3 heterocycles. The Bertz CT molecular complexity index is 997. The fourth-order valence-corrected chi connectivity index (χ4v) is 3.86. The first kappa shape index (κ1) is 19.2. The van der Waals surface area contributed by atoms with Crippen LogP contribution in [0.5, 0.6) is 0 Å². The molecule has 1 spiro atoms. The molecule has 1 fully saturated rings. The molecule has 0 amide bonds. The smallest absolute Gasteiger partial charge is 0.311 e. The number of ether oxygens (including phenoxy) is 1. The molecule has 1 saturated heterocycles. The third-order valence-corrected chi connectivity index (χ3v) is 5.44. The Morgan fingerprint density at radius 3 is 2.62 bits per heavy atom. The van der Waals surface area contributed by atoms with Gasteiger partial charge in [0, 0.05) is 42.4 Å². The van der Waals surface area contributed by atoms with Gasteiger partial charge in [0.25, 0.3) is 0 Å². The van der Waals surface area contributed by atoms with Crippen molar-refractivity contribution in [3.63, 3.8) is 0 Å². The molecule has 0 radical (unpaired) electrons. The van der Waals surface area contributed by atoms with Crippen molar-refractivity contribution in [2.75, 3.05) is 24.6 Å². The molecule has 0 N–H and O–H groups in total. The fourth-order valence-electron chi connectivity index (χ4n) is 3.86. The SMILES string of the molecule is Cc1ccc([N+](=O)[O-])c(N2CCC3(C=C(C#Cc4ccccc4)CCO3)CC2)n1. The van der Waals surface area contributed by atoms with Gasteiger partial charge in [0.05, 0.1) is 17.1 Å². The van der Waals surface area contributed by atoms with Gasteiger partial charge in [-0.1, -0.05) is 30.0 Å². The lowest BCUT2D eigenvalue weighted by Crippen LogP contribution is -2.47. The zero-order chi connectivity index (χ0) is 20.3. The summed E-state index contributed by atoms with van der Waals surface area (Å²) in [5.41, 5.74) is 2.60. The first-order chi connectivity index (χ1) is 14.0. The molecular weight excluding hydrogens is 366 g/mol. The molecule has 2 aliphatic rings. The Morgan fingerprint density at radius 1 is 1.14 bits per heavy atom. The molecule has 2 aromatic rings. The summed E-state index contributed by atoms with van der Waals surface area (Å²) in [6.07, 6.45) is 4.50. The topological polar surface area (TPSA) is 68.5 Å². The van der Waals surface area contributed by atoms with E-state index in [0.29, 0.717) is 25.5 Å². The highest BCUT2D eigenvalue weighted by Crippen LogP contribution is 2.36. The summed E-state index contributed by atoms with van der Waals surface area (Å²) in [6.45, 7) is 3.82. The molecule has 0 aliphatic carbocycles. The van der Waals surface area contributed by atoms with Crippen molar-refractivity contribution in [1.29, 1.82) is 0 Å². The maximum atomic E-state index is 11.4. The van der Waals surface area contributed by atoms with Gasteiger partial charge in [-0.15, -0.1) is 0 Å². The molecule has 0 unspecified atom stereocenters. The molecular formula is C23H23N3O3. The largest absolute Gasteiger partial charge is 0.370 e. The van der Waals surface area contributed by atoms with E-state index in [1.807, 2.05) is 42.2 Å². The number of aromatic nitrogens is 1. The van der Waals surface area contributed by atoms with Crippen molar-refractivity contribution in [2.45, 2.75) is 31.8 Å². The number of anilines is 1. The first-order valence-electron chi connectivity index (χ1n) is 9.84. The predicted molar refractivity (Wildman–Crippen MR) is 112 cm³/mol. The minimum absolute atomic E-state index is 0.0565. The second-order valence-electron chi connectivity index (χ2n) is 7.49. The van der Waals surface area contributed by atoms with Crippen molar-refractivity contribution in [1.82, 2.24) is 4.98 Å². The number of nitro groups is 1. The lowest BCUT2D eigenvalue weighted by molar-refractivity contribution is -0.384. The van der Waals surface area contributed by atoms with Crippen LogP contribution in [-0.2, 0) is 4.74 Å². The van der Waals surface area contributed by atoms with Gasteiger partial charge < -0.3 is 9.64 Å². The van der Waals surface area contributed by atoms with Gasteiger partial charge >= 0.3 is 5.69 Å². The van der Waals surface area contributed by atoms with Crippen LogP contribution in [0.25, 0.3) is 0 Å². The first-order valence-corrected chi connectivity index (χ1v) is 9.84. The molecule has 29 heavy (non-hydrogen) atoms. The molecule has 0 saturated carbocycles. The minimum atomic E-state index is -0.361. The summed E-state index contributed by atoms with van der Waals surface area (Å²) in [5, 5.41) is 11.4. The van der Waals surface area contributed by atoms with Gasteiger partial charge in [0.2, 0.25) is 5.82 Å². The Kier molecular flexibility index (Phi) is 5.32. The van der Waals surface area contributed by atoms with Crippen LogP contribution < -0.4 is 4.90 Å². The average molecular weight is 389 g/mol. The Labute approximate surface area is 170 Å². The van der Waals surface area contributed by atoms with Crippen molar-refractivity contribution >= 4 is 11.5 Å². The summed E-state index contributed by atoms with van der Waals surface area (Å²) in [7, 11) is 0. The van der Waals surface area contributed by atoms with Crippen molar-refractivity contribution in [3.05, 3.63) is 75.5 Å². The van der Waals surface area contributed by atoms with E-state index in [9.17, 15) is 10.1 Å². The standard InChI is InChI=1S/C23H23N3O3/c1-18-7-10-21(26(27)28)22(24-18)25-14-12-23(13-15-25)17-20(11-16-29-23)9-8-19-5-3-2-4-6-19/h2-7,10,17H,11-16H2,1H3. The number of rotatable bonds is 2. The number of hydrogen-bond acceptors (Lipinski definition) is 5. The van der Waals surface area contributed by atoms with Gasteiger partial charge in [0.1, 0.15) is 0 Å². The fraction of sp³-hybridized carbons (Fsp3) is 0.348. The molecule has 1 aromatic heterocycles. The van der Waals surface area contributed by atoms with E-state index >= 15 is 0 Å². The summed E-state index contributed by atoms with van der Waals surface area (Å²) in [6, 6.07) is 13.2. The zero-order valence-electron chi connectivity index (χ0n) is 16.4. The zero-order valence-corrected chi connectivity index (χ0v) is 16.4. The molecule has 4 rings (SSSR count). The van der Waals surface area contributed by atoms with Gasteiger partial charge in [-0.05, 0) is 44.0 Å². The lowest BCUT2D eigenvalue weighted by atomic mass is 9.86. The second kappa shape index (κ2) is 8.06. The normalized spacial score (nSPS) is 18.0. The maximum Gasteiger partial charge on any atom is 0.311 e. The van der Waals surface area contributed by atoms with Gasteiger partial charge in [-0.3, -0.25) is 10.1 Å². The number of pyridine rings is 1. The predicted octanol–water partition coefficient (Wildman–Crippen LogP) is 4.04. The van der Waals surface area contributed by atoms with E-state index < -0.39 is 0 Å². The number of hydrogen-bond donors (Lipinski definition) is 0. The van der Waals surface area contributed by atoms with Crippen LogP contribution in [0, 0.1) is 28.9 Å². The van der Waals surface area contributed by atoms with E-state index in [0.717, 1.165) is 36.1 Å². The maximum absolute atomic E-state index is 11.4. The minimum Gasteiger partial charge on any atom is -0.370 e. The number of piperidine rings is 1. The monoisotopic (exact) mass is 389 g/mol. The van der Waals surface area contributed by atoms with Crippen LogP contribution in [0.3, 0.4) is 0 Å². The molecule has 1 aromatic carbocycles. The van der Waals surface area contributed by atoms with Gasteiger partial charge in [-0.25, -0.2) is 4.98 Å². The summed E-state index contributed by atoms with van der Waals surface area (Å²) < 4.78 is 6.15. The Hall–Kier alpha value is -3.17. The molecule has 2 aliphatic heterocycles. The van der Waals surface area contributed by atoms with E-state index in [-0.39, 0.29) is 16.2 Å². The second-order valence-corrected chi connectivity index (χ2v) is 7.49. The van der Waals surface area contributed by atoms with Crippen molar-refractivity contribution in [3.8, 4) is 11.8 Å². The van der Waals surface area contributed by atoms with Gasteiger partial charge in [0.15, 0.2) is 0 Å². The van der Waals surface area contributed by atoms with Crippen LogP contribution in [0.2, 0.25) is 0 Å². The molecule has 0 atom stereocenters. The van der Waals surface area contributed by atoms with E-state index in [4.69, 9.17) is 4.74 Å². The van der Waals surface area contributed by atoms with Crippen LogP contribution in [-0.4, -0.2) is 35.2 Å². The molecule has 6 heteroatoms. The highest BCUT2D eigenvalue weighted by atomic mass is 16.6. The highest BCUT2D eigenvalue weighted by molar-refractivity contribution is 5.58. The van der Waals surface area contributed by atoms with E-state index in [1.54, 1.807) is 6.07 Å². The lowest BCUT2D eigenvalue weighted by Gasteiger charge is -2.42. The number of aryl methyl sites for hydroxylation is 1. The third-order valence-electron chi connectivity index (χ3n) is 5.44. The summed E-state index contributed by atoms with van der Waals surface area (Å²) >= 11 is 0. The van der Waals surface area contributed by atoms with Crippen LogP contribution >= 0.6 is 0 Å². The van der Waals surface area contributed by atoms with Crippen LogP contribution in [0.15, 0.2) is 54.1 Å². The molecule has 148 valence electrons. The quantitative estimate of drug-likeness (QED) is 0.441. The van der Waals surface area contributed by atoms with Crippen molar-refractivity contribution in [2.24, 2.45) is 0 Å². The Balaban J connectivity index is 1.51. The van der Waals surface area contributed by atoms with E-state index in [2.05, 4.69) is 22.9 Å². The summed E-state index contributed by atoms with van der Waals surface area (Å²) in [5.74, 6) is 6.98. The average Bonchev–Trinajstić information content (AvgIpc) is 2.73. The van der Waals surface area contributed by atoms with Crippen LogP contribution in [0.1, 0.15) is 30.5 Å². The number of benzene rings is 1.